The number of nitrogens with one attached hydrogen (secondary N) is 1. The second-order valence-electron chi connectivity index (χ2n) is 4.54. The van der Waals surface area contributed by atoms with Crippen molar-refractivity contribution >= 4 is 39.1 Å². The molecule has 20 heavy (non-hydrogen) atoms. The van der Waals surface area contributed by atoms with E-state index in [4.69, 9.17) is 11.6 Å². The molecule has 0 fully saturated rings. The second-order valence-corrected chi connectivity index (χ2v) is 5.74. The molecule has 0 aromatic heterocycles. The zero-order chi connectivity index (χ0) is 14.9. The van der Waals surface area contributed by atoms with Gasteiger partial charge < -0.3 is 10.4 Å². The maximum Gasteiger partial charge on any atom is 0.257 e. The highest BCUT2D eigenvalue weighted by atomic mass is 79.9. The van der Waals surface area contributed by atoms with Crippen molar-refractivity contribution in [3.8, 4) is 5.75 Å². The van der Waals surface area contributed by atoms with E-state index in [1.54, 1.807) is 0 Å². The van der Waals surface area contributed by atoms with Crippen LogP contribution >= 0.6 is 27.5 Å². The first kappa shape index (κ1) is 14.9. The van der Waals surface area contributed by atoms with Gasteiger partial charge in [0.2, 0.25) is 0 Å². The smallest absolute Gasteiger partial charge is 0.257 e. The number of hydrogen-bond donors (Lipinski definition) is 2. The average molecular weight is 355 g/mol. The fourth-order valence-corrected chi connectivity index (χ4v) is 2.34. The van der Waals surface area contributed by atoms with Crippen LogP contribution in [0.25, 0.3) is 0 Å². The maximum absolute atomic E-state index is 12.2. The van der Waals surface area contributed by atoms with E-state index in [9.17, 15) is 9.90 Å². The maximum atomic E-state index is 12.2. The summed E-state index contributed by atoms with van der Waals surface area (Å²) < 4.78 is 1.02. The predicted octanol–water partition coefficient (Wildman–Crippen LogP) is 4.68. The molecule has 3 nitrogen and oxygen atoms in total. The Hall–Kier alpha value is -1.52. The minimum absolute atomic E-state index is 0.00252. The first-order chi connectivity index (χ1) is 9.38. The second kappa shape index (κ2) is 5.85. The molecule has 2 N–H and O–H groups in total. The van der Waals surface area contributed by atoms with Gasteiger partial charge in [0, 0.05) is 10.2 Å². The normalized spacial score (nSPS) is 10.4. The lowest BCUT2D eigenvalue weighted by Gasteiger charge is -2.10. The Labute approximate surface area is 130 Å². The van der Waals surface area contributed by atoms with Crippen molar-refractivity contribution in [1.82, 2.24) is 0 Å². The summed E-state index contributed by atoms with van der Waals surface area (Å²) in [5.41, 5.74) is 2.99. The third kappa shape index (κ3) is 3.14. The van der Waals surface area contributed by atoms with Crippen molar-refractivity contribution in [2.24, 2.45) is 0 Å². The van der Waals surface area contributed by atoms with Gasteiger partial charge in [-0.15, -0.1) is 0 Å². The Balaban J connectivity index is 2.30. The van der Waals surface area contributed by atoms with Gasteiger partial charge in [-0.25, -0.2) is 0 Å². The lowest BCUT2D eigenvalue weighted by Crippen LogP contribution is -2.12. The molecule has 2 aromatic carbocycles. The van der Waals surface area contributed by atoms with Crippen molar-refractivity contribution in [3.63, 3.8) is 0 Å². The van der Waals surface area contributed by atoms with Gasteiger partial charge in [0.05, 0.1) is 10.6 Å². The lowest BCUT2D eigenvalue weighted by atomic mass is 10.1. The van der Waals surface area contributed by atoms with Crippen LogP contribution in [0.1, 0.15) is 21.5 Å². The van der Waals surface area contributed by atoms with Crippen LogP contribution in [0.15, 0.2) is 34.8 Å². The summed E-state index contributed by atoms with van der Waals surface area (Å²) in [6, 6.07) is 8.00. The summed E-state index contributed by atoms with van der Waals surface area (Å²) >= 11 is 9.44. The first-order valence-corrected chi connectivity index (χ1v) is 7.12. The Bertz CT molecular complexity index is 663. The van der Waals surface area contributed by atoms with E-state index in [0.717, 1.165) is 15.6 Å². The molecule has 0 aliphatic carbocycles. The number of anilines is 1. The number of hydrogen-bond acceptors (Lipinski definition) is 2. The Morgan fingerprint density at radius 3 is 2.40 bits per heavy atom. The first-order valence-electron chi connectivity index (χ1n) is 5.95. The van der Waals surface area contributed by atoms with Crippen LogP contribution in [0.5, 0.6) is 5.75 Å². The summed E-state index contributed by atoms with van der Waals surface area (Å²) in [6.45, 7) is 3.90. The standard InChI is InChI=1S/C15H13BrClNO2/c1-8-5-10(6-9(2)14(8)16)18-15(20)12-7-11(19)3-4-13(12)17/h3-7,19H,1-2H3,(H,18,20). The fourth-order valence-electron chi connectivity index (χ4n) is 1.90. The molecule has 0 saturated carbocycles. The number of carbonyl (C=O) groups excluding carboxylic acids is 1. The number of halogens is 2. The van der Waals surface area contributed by atoms with E-state index >= 15 is 0 Å². The Morgan fingerprint density at radius 2 is 1.80 bits per heavy atom. The molecule has 2 rings (SSSR count). The van der Waals surface area contributed by atoms with Crippen LogP contribution in [0.4, 0.5) is 5.69 Å². The number of phenolic OH excluding ortho intramolecular Hbond substituents is 1. The zero-order valence-corrected chi connectivity index (χ0v) is 13.3. The molecule has 104 valence electrons. The van der Waals surface area contributed by atoms with Crippen molar-refractivity contribution in [1.29, 1.82) is 0 Å². The Morgan fingerprint density at radius 1 is 1.20 bits per heavy atom. The van der Waals surface area contributed by atoms with Gasteiger partial charge in [-0.1, -0.05) is 27.5 Å². The molecule has 0 atom stereocenters. The summed E-state index contributed by atoms with van der Waals surface area (Å²) in [5.74, 6) is -0.352. The molecule has 0 heterocycles. The van der Waals surface area contributed by atoms with Gasteiger partial charge in [0.1, 0.15) is 5.75 Å². The quantitative estimate of drug-likeness (QED) is 0.823. The van der Waals surface area contributed by atoms with E-state index in [1.807, 2.05) is 26.0 Å². The third-order valence-corrected chi connectivity index (χ3v) is 4.47. The molecule has 1 amide bonds. The average Bonchev–Trinajstić information content (AvgIpc) is 2.38. The molecular formula is C15H13BrClNO2. The zero-order valence-electron chi connectivity index (χ0n) is 11.0. The molecule has 0 radical (unpaired) electrons. The topological polar surface area (TPSA) is 49.3 Å². The molecule has 5 heteroatoms. The molecule has 0 bridgehead atoms. The number of carbonyl (C=O) groups is 1. The van der Waals surface area contributed by atoms with Gasteiger partial charge in [-0.3, -0.25) is 4.79 Å². The fraction of sp³-hybridized carbons (Fsp3) is 0.133. The molecule has 0 aliphatic heterocycles. The van der Waals surface area contributed by atoms with E-state index in [1.165, 1.54) is 18.2 Å². The van der Waals surface area contributed by atoms with Crippen LogP contribution in [-0.2, 0) is 0 Å². The number of phenols is 1. The molecule has 0 saturated heterocycles. The van der Waals surface area contributed by atoms with Gasteiger partial charge in [0.15, 0.2) is 0 Å². The van der Waals surface area contributed by atoms with E-state index < -0.39 is 0 Å². The van der Waals surface area contributed by atoms with Crippen LogP contribution < -0.4 is 5.32 Å². The van der Waals surface area contributed by atoms with Crippen LogP contribution in [0, 0.1) is 13.8 Å². The van der Waals surface area contributed by atoms with Gasteiger partial charge in [0.25, 0.3) is 5.91 Å². The lowest BCUT2D eigenvalue weighted by molar-refractivity contribution is 0.102. The monoisotopic (exact) mass is 353 g/mol. The Kier molecular flexibility index (Phi) is 4.35. The van der Waals surface area contributed by atoms with Crippen molar-refractivity contribution < 1.29 is 9.90 Å². The minimum Gasteiger partial charge on any atom is -0.508 e. The van der Waals surface area contributed by atoms with Gasteiger partial charge in [-0.2, -0.15) is 0 Å². The highest BCUT2D eigenvalue weighted by Crippen LogP contribution is 2.26. The van der Waals surface area contributed by atoms with Crippen molar-refractivity contribution in [2.75, 3.05) is 5.32 Å². The molecule has 0 spiro atoms. The summed E-state index contributed by atoms with van der Waals surface area (Å²) in [4.78, 5) is 12.2. The summed E-state index contributed by atoms with van der Waals surface area (Å²) in [6.07, 6.45) is 0. The number of amides is 1. The van der Waals surface area contributed by atoms with Crippen LogP contribution in [0.2, 0.25) is 5.02 Å². The number of aromatic hydroxyl groups is 1. The van der Waals surface area contributed by atoms with Gasteiger partial charge >= 0.3 is 0 Å². The van der Waals surface area contributed by atoms with Gasteiger partial charge in [-0.05, 0) is 55.3 Å². The minimum atomic E-state index is -0.355. The highest BCUT2D eigenvalue weighted by molar-refractivity contribution is 9.10. The summed E-state index contributed by atoms with van der Waals surface area (Å²) in [7, 11) is 0. The largest absolute Gasteiger partial charge is 0.508 e. The van der Waals surface area contributed by atoms with Crippen molar-refractivity contribution in [3.05, 3.63) is 56.5 Å². The van der Waals surface area contributed by atoms with E-state index in [2.05, 4.69) is 21.2 Å². The predicted molar refractivity (Wildman–Crippen MR) is 84.7 cm³/mol. The van der Waals surface area contributed by atoms with Crippen molar-refractivity contribution in [2.45, 2.75) is 13.8 Å². The SMILES string of the molecule is Cc1cc(NC(=O)c2cc(O)ccc2Cl)cc(C)c1Br. The van der Waals surface area contributed by atoms with E-state index in [0.29, 0.717) is 10.7 Å². The summed E-state index contributed by atoms with van der Waals surface area (Å²) in [5, 5.41) is 12.5. The molecule has 0 unspecified atom stereocenters. The number of rotatable bonds is 2. The third-order valence-electron chi connectivity index (χ3n) is 2.89. The number of benzene rings is 2. The van der Waals surface area contributed by atoms with E-state index in [-0.39, 0.29) is 17.2 Å². The number of aryl methyl sites for hydroxylation is 2. The molecule has 0 aliphatic rings. The molecule has 2 aromatic rings. The highest BCUT2D eigenvalue weighted by Gasteiger charge is 2.12. The van der Waals surface area contributed by atoms with Crippen LogP contribution in [-0.4, -0.2) is 11.0 Å². The molecular weight excluding hydrogens is 342 g/mol. The van der Waals surface area contributed by atoms with Crippen LogP contribution in [0.3, 0.4) is 0 Å².